The molecule has 8 heteroatoms. The van der Waals surface area contributed by atoms with Crippen LogP contribution in [-0.4, -0.2) is 57.6 Å². The van der Waals surface area contributed by atoms with Crippen LogP contribution in [0.25, 0.3) is 0 Å². The maximum absolute atomic E-state index is 12.9. The highest BCUT2D eigenvalue weighted by Gasteiger charge is 2.25. The molecule has 0 radical (unpaired) electrons. The van der Waals surface area contributed by atoms with E-state index in [0.29, 0.717) is 28.7 Å². The van der Waals surface area contributed by atoms with Gasteiger partial charge in [0.15, 0.2) is 11.5 Å². The van der Waals surface area contributed by atoms with Crippen molar-refractivity contribution in [1.82, 2.24) is 10.2 Å². The fourth-order valence-electron chi connectivity index (χ4n) is 3.33. The number of carbonyl (C=O) groups excluding carboxylic acids is 2. The number of hydrogen-bond donors (Lipinski definition) is 2. The summed E-state index contributed by atoms with van der Waals surface area (Å²) in [5.41, 5.74) is 0.923. The molecular weight excluding hydrogens is 370 g/mol. The van der Waals surface area contributed by atoms with Crippen molar-refractivity contribution < 1.29 is 19.1 Å². The Kier molecular flexibility index (Phi) is 9.38. The van der Waals surface area contributed by atoms with Gasteiger partial charge < -0.3 is 25.0 Å². The Labute approximate surface area is 167 Å². The van der Waals surface area contributed by atoms with Gasteiger partial charge in [0.2, 0.25) is 5.91 Å². The van der Waals surface area contributed by atoms with E-state index >= 15 is 0 Å². The average Bonchev–Trinajstić information content (AvgIpc) is 2.65. The molecule has 0 aromatic heterocycles. The monoisotopic (exact) mass is 399 g/mol. The molecule has 0 saturated carbocycles. The SMILES string of the molecule is CNCCC1CCN(C(=O)c2cc(NC(C)=O)c(OC)c(OC)c2)CC1.Cl. The van der Waals surface area contributed by atoms with Crippen LogP contribution in [0.15, 0.2) is 12.1 Å². The number of piperidine rings is 1. The predicted octanol–water partition coefficient (Wildman–Crippen LogP) is 2.55. The zero-order valence-electron chi connectivity index (χ0n) is 16.5. The van der Waals surface area contributed by atoms with Gasteiger partial charge in [-0.3, -0.25) is 9.59 Å². The summed E-state index contributed by atoms with van der Waals surface area (Å²) in [6.07, 6.45) is 3.17. The summed E-state index contributed by atoms with van der Waals surface area (Å²) in [7, 11) is 4.97. The first kappa shape index (κ1) is 23.0. The number of nitrogens with zero attached hydrogens (tertiary/aromatic N) is 1. The number of benzene rings is 1. The zero-order chi connectivity index (χ0) is 19.1. The van der Waals surface area contributed by atoms with Crippen LogP contribution in [0.1, 0.15) is 36.5 Å². The molecule has 152 valence electrons. The Morgan fingerprint density at radius 3 is 2.37 bits per heavy atom. The van der Waals surface area contributed by atoms with Crippen LogP contribution in [0.3, 0.4) is 0 Å². The van der Waals surface area contributed by atoms with Crippen LogP contribution >= 0.6 is 12.4 Å². The molecule has 27 heavy (non-hydrogen) atoms. The number of halogens is 1. The van der Waals surface area contributed by atoms with Gasteiger partial charge in [-0.25, -0.2) is 0 Å². The lowest BCUT2D eigenvalue weighted by atomic mass is 9.93. The molecule has 2 rings (SSSR count). The second kappa shape index (κ2) is 11.0. The van der Waals surface area contributed by atoms with Gasteiger partial charge in [-0.05, 0) is 50.9 Å². The number of carbonyl (C=O) groups is 2. The number of rotatable bonds is 7. The standard InChI is InChI=1S/C19H29N3O4.ClH/c1-13(23)21-16-11-15(12-17(25-3)18(16)26-4)19(24)22-9-6-14(7-10-22)5-8-20-2;/h11-12,14,20H,5-10H2,1-4H3,(H,21,23);1H. The predicted molar refractivity (Wildman–Crippen MR) is 108 cm³/mol. The second-order valence-electron chi connectivity index (χ2n) is 6.57. The summed E-state index contributed by atoms with van der Waals surface area (Å²) >= 11 is 0. The molecule has 1 fully saturated rings. The molecule has 0 atom stereocenters. The van der Waals surface area contributed by atoms with Crippen molar-refractivity contribution in [3.05, 3.63) is 17.7 Å². The number of nitrogens with one attached hydrogen (secondary N) is 2. The molecule has 2 N–H and O–H groups in total. The highest BCUT2D eigenvalue weighted by Crippen LogP contribution is 2.37. The van der Waals surface area contributed by atoms with Crippen molar-refractivity contribution >= 4 is 29.9 Å². The molecule has 0 bridgehead atoms. The molecule has 1 aromatic carbocycles. The molecule has 2 amide bonds. The number of ether oxygens (including phenoxy) is 2. The third-order valence-corrected chi connectivity index (χ3v) is 4.74. The molecule has 1 aromatic rings. The summed E-state index contributed by atoms with van der Waals surface area (Å²) in [6, 6.07) is 3.32. The molecule has 1 heterocycles. The van der Waals surface area contributed by atoms with Gasteiger partial charge in [0.1, 0.15) is 0 Å². The molecule has 0 spiro atoms. The summed E-state index contributed by atoms with van der Waals surface area (Å²) in [5.74, 6) is 1.20. The minimum atomic E-state index is -0.236. The third-order valence-electron chi connectivity index (χ3n) is 4.74. The number of likely N-dealkylation sites (tertiary alicyclic amines) is 1. The number of methoxy groups -OCH3 is 2. The smallest absolute Gasteiger partial charge is 0.254 e. The average molecular weight is 400 g/mol. The lowest BCUT2D eigenvalue weighted by molar-refractivity contribution is -0.114. The first-order valence-electron chi connectivity index (χ1n) is 8.97. The first-order valence-corrected chi connectivity index (χ1v) is 8.97. The van der Waals surface area contributed by atoms with Crippen molar-refractivity contribution in [2.24, 2.45) is 5.92 Å². The van der Waals surface area contributed by atoms with Crippen molar-refractivity contribution in [1.29, 1.82) is 0 Å². The largest absolute Gasteiger partial charge is 0.493 e. The van der Waals surface area contributed by atoms with E-state index in [2.05, 4.69) is 10.6 Å². The lowest BCUT2D eigenvalue weighted by Gasteiger charge is -2.32. The highest BCUT2D eigenvalue weighted by molar-refractivity contribution is 5.99. The maximum atomic E-state index is 12.9. The van der Waals surface area contributed by atoms with Crippen molar-refractivity contribution in [2.45, 2.75) is 26.2 Å². The Hall–Kier alpha value is -1.99. The van der Waals surface area contributed by atoms with E-state index in [1.165, 1.54) is 21.1 Å². The minimum absolute atomic E-state index is 0. The molecule has 1 saturated heterocycles. The van der Waals surface area contributed by atoms with E-state index in [-0.39, 0.29) is 24.2 Å². The van der Waals surface area contributed by atoms with Gasteiger partial charge >= 0.3 is 0 Å². The van der Waals surface area contributed by atoms with E-state index in [1.54, 1.807) is 12.1 Å². The van der Waals surface area contributed by atoms with E-state index < -0.39 is 0 Å². The normalized spacial score (nSPS) is 14.3. The number of amides is 2. The summed E-state index contributed by atoms with van der Waals surface area (Å²) in [5, 5.41) is 5.89. The number of anilines is 1. The van der Waals surface area contributed by atoms with Crippen LogP contribution < -0.4 is 20.1 Å². The molecule has 7 nitrogen and oxygen atoms in total. The van der Waals surface area contributed by atoms with Gasteiger partial charge in [-0.15, -0.1) is 12.4 Å². The van der Waals surface area contributed by atoms with Crippen LogP contribution in [0.2, 0.25) is 0 Å². The fraction of sp³-hybridized carbons (Fsp3) is 0.579. The van der Waals surface area contributed by atoms with Gasteiger partial charge in [-0.2, -0.15) is 0 Å². The van der Waals surface area contributed by atoms with Crippen molar-refractivity contribution in [2.75, 3.05) is 46.2 Å². The second-order valence-corrected chi connectivity index (χ2v) is 6.57. The molecule has 1 aliphatic rings. The minimum Gasteiger partial charge on any atom is -0.493 e. The lowest BCUT2D eigenvalue weighted by Crippen LogP contribution is -2.39. The Balaban J connectivity index is 0.00000364. The van der Waals surface area contributed by atoms with Crippen LogP contribution in [0.4, 0.5) is 5.69 Å². The number of hydrogen-bond acceptors (Lipinski definition) is 5. The summed E-state index contributed by atoms with van der Waals surface area (Å²) < 4.78 is 10.7. The molecule has 1 aliphatic heterocycles. The molecular formula is C19H30ClN3O4. The van der Waals surface area contributed by atoms with Crippen molar-refractivity contribution in [3.63, 3.8) is 0 Å². The van der Waals surface area contributed by atoms with Gasteiger partial charge in [-0.1, -0.05) is 0 Å². The van der Waals surface area contributed by atoms with Crippen LogP contribution in [0.5, 0.6) is 11.5 Å². The summed E-state index contributed by atoms with van der Waals surface area (Å²) in [6.45, 7) is 3.92. The quantitative estimate of drug-likeness (QED) is 0.736. The highest BCUT2D eigenvalue weighted by atomic mass is 35.5. The molecule has 0 unspecified atom stereocenters. The third kappa shape index (κ3) is 6.01. The van der Waals surface area contributed by atoms with Crippen LogP contribution in [0, 0.1) is 5.92 Å². The van der Waals surface area contributed by atoms with E-state index in [0.717, 1.165) is 38.9 Å². The van der Waals surface area contributed by atoms with Gasteiger partial charge in [0.05, 0.1) is 19.9 Å². The van der Waals surface area contributed by atoms with Gasteiger partial charge in [0.25, 0.3) is 5.91 Å². The fourth-order valence-corrected chi connectivity index (χ4v) is 3.33. The molecule has 0 aliphatic carbocycles. The van der Waals surface area contributed by atoms with Crippen LogP contribution in [-0.2, 0) is 4.79 Å². The Morgan fingerprint density at radius 1 is 1.19 bits per heavy atom. The summed E-state index contributed by atoms with van der Waals surface area (Å²) in [4.78, 5) is 26.3. The topological polar surface area (TPSA) is 79.9 Å². The first-order chi connectivity index (χ1) is 12.5. The Morgan fingerprint density at radius 2 is 1.85 bits per heavy atom. The van der Waals surface area contributed by atoms with E-state index in [4.69, 9.17) is 9.47 Å². The van der Waals surface area contributed by atoms with E-state index in [9.17, 15) is 9.59 Å². The zero-order valence-corrected chi connectivity index (χ0v) is 17.3. The van der Waals surface area contributed by atoms with Gasteiger partial charge in [0, 0.05) is 25.6 Å². The van der Waals surface area contributed by atoms with E-state index in [1.807, 2.05) is 11.9 Å². The Bertz CT molecular complexity index is 646. The maximum Gasteiger partial charge on any atom is 0.254 e. The van der Waals surface area contributed by atoms with Crippen molar-refractivity contribution in [3.8, 4) is 11.5 Å².